The van der Waals surface area contributed by atoms with E-state index in [1.807, 2.05) is 42.5 Å². The molecule has 0 aliphatic carbocycles. The van der Waals surface area contributed by atoms with E-state index >= 15 is 0 Å². The second kappa shape index (κ2) is 8.46. The molecule has 2 aliphatic rings. The third-order valence-electron chi connectivity index (χ3n) is 5.29. The molecule has 29 heavy (non-hydrogen) atoms. The van der Waals surface area contributed by atoms with E-state index in [9.17, 15) is 9.18 Å². The fourth-order valence-corrected chi connectivity index (χ4v) is 3.90. The maximum absolute atomic E-state index is 14.3. The number of amides is 1. The van der Waals surface area contributed by atoms with Gasteiger partial charge in [0, 0.05) is 0 Å². The fourth-order valence-electron chi connectivity index (χ4n) is 3.90. The highest BCUT2D eigenvalue weighted by atomic mass is 19.1. The number of hydrogen-bond donors (Lipinski definition) is 0. The van der Waals surface area contributed by atoms with Gasteiger partial charge in [-0.25, -0.2) is 9.18 Å². The Morgan fingerprint density at radius 2 is 2.07 bits per heavy atom. The van der Waals surface area contributed by atoms with Crippen molar-refractivity contribution >= 4 is 6.09 Å². The van der Waals surface area contributed by atoms with E-state index in [1.54, 1.807) is 17.0 Å². The molecule has 0 spiro atoms. The number of morpholine rings is 1. The number of rotatable bonds is 4. The zero-order valence-corrected chi connectivity index (χ0v) is 15.9. The zero-order valence-electron chi connectivity index (χ0n) is 15.9. The van der Waals surface area contributed by atoms with Crippen LogP contribution < -0.4 is 0 Å². The molecule has 2 unspecified atom stereocenters. The van der Waals surface area contributed by atoms with Crippen molar-refractivity contribution in [3.63, 3.8) is 0 Å². The van der Waals surface area contributed by atoms with Crippen molar-refractivity contribution in [2.24, 2.45) is 0 Å². The summed E-state index contributed by atoms with van der Waals surface area (Å²) in [5, 5.41) is 8.89. The largest absolute Gasteiger partial charge is 0.445 e. The molecular weight excluding hydrogens is 371 g/mol. The number of carbonyl (C=O) groups is 1. The summed E-state index contributed by atoms with van der Waals surface area (Å²) >= 11 is 0. The predicted octanol–water partition coefficient (Wildman–Crippen LogP) is 3.98. The lowest BCUT2D eigenvalue weighted by molar-refractivity contribution is -0.0374. The number of nitrogens with zero attached hydrogens (tertiary/aromatic N) is 2. The Hall–Kier alpha value is -3.17. The van der Waals surface area contributed by atoms with Gasteiger partial charge in [-0.15, -0.1) is 0 Å². The average Bonchev–Trinajstić information content (AvgIpc) is 2.73. The zero-order chi connectivity index (χ0) is 20.2. The maximum Gasteiger partial charge on any atom is 0.411 e. The second-order valence-corrected chi connectivity index (χ2v) is 7.33. The van der Waals surface area contributed by atoms with Crippen molar-refractivity contribution in [1.29, 1.82) is 5.26 Å². The van der Waals surface area contributed by atoms with Gasteiger partial charge in [0.25, 0.3) is 0 Å². The molecule has 5 nitrogen and oxygen atoms in total. The molecule has 1 saturated heterocycles. The van der Waals surface area contributed by atoms with Crippen molar-refractivity contribution in [3.05, 3.63) is 82.7 Å². The van der Waals surface area contributed by atoms with E-state index in [1.165, 1.54) is 6.07 Å². The van der Waals surface area contributed by atoms with Crippen LogP contribution in [0.1, 0.15) is 23.1 Å². The second-order valence-electron chi connectivity index (χ2n) is 7.33. The van der Waals surface area contributed by atoms with Crippen molar-refractivity contribution in [2.75, 3.05) is 13.2 Å². The minimum absolute atomic E-state index is 0.126. The summed E-state index contributed by atoms with van der Waals surface area (Å²) in [5.41, 5.74) is 2.86. The van der Waals surface area contributed by atoms with E-state index in [2.05, 4.69) is 0 Å². The molecular formula is C23H21FN2O3. The first-order valence-corrected chi connectivity index (χ1v) is 9.59. The predicted molar refractivity (Wildman–Crippen MR) is 104 cm³/mol. The quantitative estimate of drug-likeness (QED) is 0.739. The standard InChI is InChI=1S/C23H21FN2O3/c24-22-11-17(12-25)6-7-19(22)8-18-9-20-14-28-15-21(10-18)26(20)23(27)29-13-16-4-2-1-3-5-16/h1-7,9,11,20-21H,8,10,13-15H2. The molecule has 1 amide bonds. The molecule has 148 valence electrons. The van der Waals surface area contributed by atoms with Crippen LogP contribution in [0.3, 0.4) is 0 Å². The number of benzene rings is 2. The number of carbonyl (C=O) groups excluding carboxylic acids is 1. The van der Waals surface area contributed by atoms with E-state index < -0.39 is 0 Å². The molecule has 2 atom stereocenters. The Labute approximate surface area is 169 Å². The summed E-state index contributed by atoms with van der Waals surface area (Å²) in [6, 6.07) is 15.7. The number of halogens is 1. The first-order valence-electron chi connectivity index (χ1n) is 9.59. The lowest BCUT2D eigenvalue weighted by Gasteiger charge is -2.43. The summed E-state index contributed by atoms with van der Waals surface area (Å²) < 4.78 is 25.4. The van der Waals surface area contributed by atoms with Gasteiger partial charge in [-0.2, -0.15) is 5.26 Å². The smallest absolute Gasteiger partial charge is 0.411 e. The molecule has 0 saturated carbocycles. The third-order valence-corrected chi connectivity index (χ3v) is 5.29. The van der Waals surface area contributed by atoms with Crippen LogP contribution in [-0.2, 0) is 22.5 Å². The van der Waals surface area contributed by atoms with Crippen LogP contribution in [0.25, 0.3) is 0 Å². The fraction of sp³-hybridized carbons (Fsp3) is 0.304. The highest BCUT2D eigenvalue weighted by Crippen LogP contribution is 2.30. The van der Waals surface area contributed by atoms with Gasteiger partial charge in [-0.3, -0.25) is 4.90 Å². The van der Waals surface area contributed by atoms with Crippen LogP contribution in [0.2, 0.25) is 0 Å². The van der Waals surface area contributed by atoms with Gasteiger partial charge in [0.2, 0.25) is 0 Å². The van der Waals surface area contributed by atoms with Crippen LogP contribution in [0.5, 0.6) is 0 Å². The van der Waals surface area contributed by atoms with Crippen molar-refractivity contribution in [2.45, 2.75) is 31.5 Å². The third kappa shape index (κ3) is 4.30. The summed E-state index contributed by atoms with van der Waals surface area (Å²) in [5.74, 6) is -0.379. The van der Waals surface area contributed by atoms with E-state index in [-0.39, 0.29) is 30.6 Å². The molecule has 4 rings (SSSR count). The van der Waals surface area contributed by atoms with Gasteiger partial charge in [-0.1, -0.05) is 48.0 Å². The SMILES string of the molecule is N#Cc1ccc(CC2=CC3COCC(C2)N3C(=O)OCc2ccccc2)c(F)c1. The minimum atomic E-state index is -0.379. The Morgan fingerprint density at radius 3 is 2.79 bits per heavy atom. The van der Waals surface area contributed by atoms with Gasteiger partial charge in [0.05, 0.1) is 36.9 Å². The first-order chi connectivity index (χ1) is 14.1. The lowest BCUT2D eigenvalue weighted by Crippen LogP contribution is -2.56. The lowest BCUT2D eigenvalue weighted by atomic mass is 9.90. The molecule has 6 heteroatoms. The highest BCUT2D eigenvalue weighted by Gasteiger charge is 2.38. The summed E-state index contributed by atoms with van der Waals surface area (Å²) in [6.45, 7) is 1.06. The molecule has 0 N–H and O–H groups in total. The summed E-state index contributed by atoms with van der Waals surface area (Å²) in [4.78, 5) is 14.4. The van der Waals surface area contributed by atoms with E-state index in [0.717, 1.165) is 11.1 Å². The molecule has 2 bridgehead atoms. The monoisotopic (exact) mass is 392 g/mol. The number of fused-ring (bicyclic) bond motifs is 2. The molecule has 2 aromatic rings. The molecule has 0 radical (unpaired) electrons. The summed E-state index contributed by atoms with van der Waals surface area (Å²) in [7, 11) is 0. The molecule has 0 aromatic heterocycles. The maximum atomic E-state index is 14.3. The molecule has 1 fully saturated rings. The minimum Gasteiger partial charge on any atom is -0.445 e. The topological polar surface area (TPSA) is 62.6 Å². The molecule has 2 heterocycles. The van der Waals surface area contributed by atoms with Crippen molar-refractivity contribution in [3.8, 4) is 6.07 Å². The summed E-state index contributed by atoms with van der Waals surface area (Å²) in [6.07, 6.45) is 2.69. The van der Waals surface area contributed by atoms with Crippen LogP contribution in [0, 0.1) is 17.1 Å². The Balaban J connectivity index is 1.45. The Kier molecular flexibility index (Phi) is 5.59. The van der Waals surface area contributed by atoms with Crippen LogP contribution in [0.4, 0.5) is 9.18 Å². The average molecular weight is 392 g/mol. The van der Waals surface area contributed by atoms with E-state index in [0.29, 0.717) is 37.2 Å². The van der Waals surface area contributed by atoms with Crippen LogP contribution in [0.15, 0.2) is 60.2 Å². The normalized spacial score (nSPS) is 20.6. The number of ether oxygens (including phenoxy) is 2. The van der Waals surface area contributed by atoms with Gasteiger partial charge in [-0.05, 0) is 36.1 Å². The Morgan fingerprint density at radius 1 is 1.24 bits per heavy atom. The Bertz CT molecular complexity index is 968. The van der Waals surface area contributed by atoms with Gasteiger partial charge < -0.3 is 9.47 Å². The van der Waals surface area contributed by atoms with Crippen molar-refractivity contribution in [1.82, 2.24) is 4.90 Å². The van der Waals surface area contributed by atoms with Crippen LogP contribution >= 0.6 is 0 Å². The van der Waals surface area contributed by atoms with Gasteiger partial charge in [0.1, 0.15) is 12.4 Å². The van der Waals surface area contributed by atoms with E-state index in [4.69, 9.17) is 14.7 Å². The van der Waals surface area contributed by atoms with Gasteiger partial charge >= 0.3 is 6.09 Å². The van der Waals surface area contributed by atoms with Gasteiger partial charge in [0.15, 0.2) is 0 Å². The molecule has 2 aromatic carbocycles. The first kappa shape index (κ1) is 19.2. The number of nitriles is 1. The molecule has 2 aliphatic heterocycles. The van der Waals surface area contributed by atoms with Crippen molar-refractivity contribution < 1.29 is 18.7 Å². The highest BCUT2D eigenvalue weighted by molar-refractivity contribution is 5.69. The van der Waals surface area contributed by atoms with Crippen LogP contribution in [-0.4, -0.2) is 36.3 Å². The number of hydrogen-bond acceptors (Lipinski definition) is 4.